The van der Waals surface area contributed by atoms with Crippen molar-refractivity contribution in [1.82, 2.24) is 10.2 Å². The summed E-state index contributed by atoms with van der Waals surface area (Å²) in [4.78, 5) is 26.3. The van der Waals surface area contributed by atoms with E-state index >= 15 is 0 Å². The molecule has 178 valence electrons. The maximum Gasteiger partial charge on any atom is 0.409 e. The van der Waals surface area contributed by atoms with Gasteiger partial charge in [-0.05, 0) is 51.0 Å². The van der Waals surface area contributed by atoms with E-state index in [9.17, 15) is 18.0 Å². The third-order valence-electron chi connectivity index (χ3n) is 5.58. The second kappa shape index (κ2) is 11.2. The molecule has 1 saturated heterocycles. The Morgan fingerprint density at radius 1 is 1.06 bits per heavy atom. The summed E-state index contributed by atoms with van der Waals surface area (Å²) in [6.45, 7) is 5.05. The summed E-state index contributed by atoms with van der Waals surface area (Å²) < 4.78 is 33.0. The van der Waals surface area contributed by atoms with Crippen LogP contribution in [0.15, 0.2) is 59.5 Å². The van der Waals surface area contributed by atoms with Gasteiger partial charge >= 0.3 is 6.09 Å². The minimum Gasteiger partial charge on any atom is -0.450 e. The Bertz CT molecular complexity index is 1030. The molecule has 33 heavy (non-hydrogen) atoms. The fourth-order valence-corrected chi connectivity index (χ4v) is 5.21. The van der Waals surface area contributed by atoms with Crippen LogP contribution in [-0.4, -0.2) is 57.6 Å². The van der Waals surface area contributed by atoms with Crippen molar-refractivity contribution in [2.45, 2.75) is 44.0 Å². The SMILES string of the molecule is CCOC(=O)N1CCC(NC(=O)CCN(c2ccccc2)S(=O)(=O)c2ccc(C)cc2)CC1. The Balaban J connectivity index is 1.63. The largest absolute Gasteiger partial charge is 0.450 e. The van der Waals surface area contributed by atoms with Gasteiger partial charge in [0.1, 0.15) is 0 Å². The minimum absolute atomic E-state index is 0.0216. The Morgan fingerprint density at radius 2 is 1.70 bits per heavy atom. The molecule has 0 aromatic heterocycles. The predicted molar refractivity (Wildman–Crippen MR) is 127 cm³/mol. The number of anilines is 1. The van der Waals surface area contributed by atoms with Gasteiger partial charge < -0.3 is 15.0 Å². The number of carbonyl (C=O) groups is 2. The number of sulfonamides is 1. The molecule has 0 saturated carbocycles. The third kappa shape index (κ3) is 6.47. The molecule has 9 heteroatoms. The zero-order chi connectivity index (χ0) is 23.8. The first-order valence-electron chi connectivity index (χ1n) is 11.2. The Hall–Kier alpha value is -3.07. The van der Waals surface area contributed by atoms with Crippen LogP contribution in [-0.2, 0) is 19.6 Å². The highest BCUT2D eigenvalue weighted by atomic mass is 32.2. The highest BCUT2D eigenvalue weighted by molar-refractivity contribution is 7.92. The van der Waals surface area contributed by atoms with Crippen molar-refractivity contribution in [2.75, 3.05) is 30.5 Å². The van der Waals surface area contributed by atoms with Gasteiger partial charge in [0.15, 0.2) is 0 Å². The van der Waals surface area contributed by atoms with Gasteiger partial charge in [-0.2, -0.15) is 0 Å². The fraction of sp³-hybridized carbons (Fsp3) is 0.417. The van der Waals surface area contributed by atoms with Crippen molar-refractivity contribution in [1.29, 1.82) is 0 Å². The molecule has 0 radical (unpaired) electrons. The first-order valence-corrected chi connectivity index (χ1v) is 12.6. The van der Waals surface area contributed by atoms with E-state index in [0.29, 0.717) is 38.2 Å². The second-order valence-electron chi connectivity index (χ2n) is 8.00. The molecule has 0 unspecified atom stereocenters. The fourth-order valence-electron chi connectivity index (χ4n) is 3.74. The standard InChI is InChI=1S/C24H31N3O5S/c1-3-32-24(29)26-16-13-20(14-17-26)25-23(28)15-18-27(21-7-5-4-6-8-21)33(30,31)22-11-9-19(2)10-12-22/h4-12,20H,3,13-18H2,1-2H3,(H,25,28). The molecule has 1 heterocycles. The van der Waals surface area contributed by atoms with E-state index in [4.69, 9.17) is 4.74 Å². The van der Waals surface area contributed by atoms with Crippen LogP contribution < -0.4 is 9.62 Å². The summed E-state index contributed by atoms with van der Waals surface area (Å²) >= 11 is 0. The van der Waals surface area contributed by atoms with Crippen molar-refractivity contribution in [3.63, 3.8) is 0 Å². The second-order valence-corrected chi connectivity index (χ2v) is 9.87. The number of nitrogens with one attached hydrogen (secondary N) is 1. The highest BCUT2D eigenvalue weighted by Gasteiger charge is 2.27. The van der Waals surface area contributed by atoms with E-state index in [1.165, 1.54) is 4.31 Å². The highest BCUT2D eigenvalue weighted by Crippen LogP contribution is 2.24. The summed E-state index contributed by atoms with van der Waals surface area (Å²) in [5.74, 6) is -0.218. The van der Waals surface area contributed by atoms with Gasteiger partial charge in [0.2, 0.25) is 5.91 Å². The van der Waals surface area contributed by atoms with Gasteiger partial charge in [-0.3, -0.25) is 9.10 Å². The molecule has 0 spiro atoms. The summed E-state index contributed by atoms with van der Waals surface area (Å²) in [6.07, 6.45) is 0.962. The van der Waals surface area contributed by atoms with Crippen LogP contribution in [0, 0.1) is 6.92 Å². The number of likely N-dealkylation sites (tertiary alicyclic amines) is 1. The number of piperidine rings is 1. The maximum atomic E-state index is 13.3. The number of aryl methyl sites for hydroxylation is 1. The molecule has 1 aliphatic heterocycles. The van der Waals surface area contributed by atoms with Gasteiger partial charge in [-0.15, -0.1) is 0 Å². The average Bonchev–Trinajstić information content (AvgIpc) is 2.80. The first kappa shape index (κ1) is 24.6. The molecule has 0 aliphatic carbocycles. The molecule has 1 N–H and O–H groups in total. The number of benzene rings is 2. The van der Waals surface area contributed by atoms with Crippen LogP contribution in [0.5, 0.6) is 0 Å². The van der Waals surface area contributed by atoms with E-state index < -0.39 is 10.0 Å². The molecule has 0 atom stereocenters. The molecule has 8 nitrogen and oxygen atoms in total. The number of hydrogen-bond donors (Lipinski definition) is 1. The van der Waals surface area contributed by atoms with Crippen LogP contribution in [0.4, 0.5) is 10.5 Å². The van der Waals surface area contributed by atoms with E-state index in [1.54, 1.807) is 60.4 Å². The molecular formula is C24H31N3O5S. The minimum atomic E-state index is -3.83. The van der Waals surface area contributed by atoms with Crippen LogP contribution >= 0.6 is 0 Å². The number of nitrogens with zero attached hydrogens (tertiary/aromatic N) is 2. The van der Waals surface area contributed by atoms with Crippen LogP contribution in [0.1, 0.15) is 31.7 Å². The summed E-state index contributed by atoms with van der Waals surface area (Å²) in [7, 11) is -3.83. The van der Waals surface area contributed by atoms with Crippen LogP contribution in [0.3, 0.4) is 0 Å². The zero-order valence-corrected chi connectivity index (χ0v) is 19.9. The topological polar surface area (TPSA) is 96.0 Å². The molecule has 3 rings (SSSR count). The van der Waals surface area contributed by atoms with Crippen LogP contribution in [0.2, 0.25) is 0 Å². The Morgan fingerprint density at radius 3 is 2.30 bits per heavy atom. The summed E-state index contributed by atoms with van der Waals surface area (Å²) in [6, 6.07) is 15.4. The maximum absolute atomic E-state index is 13.3. The van der Waals surface area contributed by atoms with Crippen LogP contribution in [0.25, 0.3) is 0 Å². The normalized spacial score (nSPS) is 14.5. The van der Waals surface area contributed by atoms with Crippen molar-refractivity contribution < 1.29 is 22.7 Å². The number of carbonyl (C=O) groups excluding carboxylic acids is 2. The van der Waals surface area contributed by atoms with Gasteiger partial charge in [0.05, 0.1) is 17.2 Å². The number of amides is 2. The Labute approximate surface area is 195 Å². The van der Waals surface area contributed by atoms with Crippen molar-refractivity contribution in [2.24, 2.45) is 0 Å². The van der Waals surface area contributed by atoms with E-state index in [-0.39, 0.29) is 35.9 Å². The molecular weight excluding hydrogens is 442 g/mol. The lowest BCUT2D eigenvalue weighted by molar-refractivity contribution is -0.121. The lowest BCUT2D eigenvalue weighted by atomic mass is 10.1. The molecule has 2 amide bonds. The first-order chi connectivity index (χ1) is 15.8. The summed E-state index contributed by atoms with van der Waals surface area (Å²) in [5.41, 5.74) is 1.47. The van der Waals surface area contributed by atoms with Crippen molar-refractivity contribution in [3.05, 3.63) is 60.2 Å². The third-order valence-corrected chi connectivity index (χ3v) is 7.42. The average molecular weight is 474 g/mol. The quantitative estimate of drug-likeness (QED) is 0.635. The predicted octanol–water partition coefficient (Wildman–Crippen LogP) is 3.32. The van der Waals surface area contributed by atoms with Crippen molar-refractivity contribution >= 4 is 27.7 Å². The molecule has 2 aromatic rings. The number of para-hydroxylation sites is 1. The number of rotatable bonds is 8. The van der Waals surface area contributed by atoms with Gasteiger partial charge in [0, 0.05) is 32.1 Å². The lowest BCUT2D eigenvalue weighted by Crippen LogP contribution is -2.47. The lowest BCUT2D eigenvalue weighted by Gasteiger charge is -2.31. The molecule has 0 bridgehead atoms. The van der Waals surface area contributed by atoms with Crippen molar-refractivity contribution in [3.8, 4) is 0 Å². The zero-order valence-electron chi connectivity index (χ0n) is 19.1. The summed E-state index contributed by atoms with van der Waals surface area (Å²) in [5, 5.41) is 2.98. The monoisotopic (exact) mass is 473 g/mol. The molecule has 1 fully saturated rings. The van der Waals surface area contributed by atoms with E-state index in [2.05, 4.69) is 5.32 Å². The number of ether oxygens (including phenoxy) is 1. The van der Waals surface area contributed by atoms with Gasteiger partial charge in [-0.1, -0.05) is 35.9 Å². The smallest absolute Gasteiger partial charge is 0.409 e. The van der Waals surface area contributed by atoms with Gasteiger partial charge in [0.25, 0.3) is 10.0 Å². The Kier molecular flexibility index (Phi) is 8.32. The number of hydrogen-bond acceptors (Lipinski definition) is 5. The molecule has 2 aromatic carbocycles. The van der Waals surface area contributed by atoms with E-state index in [1.807, 2.05) is 13.0 Å². The van der Waals surface area contributed by atoms with E-state index in [0.717, 1.165) is 5.56 Å². The molecule has 1 aliphatic rings. The van der Waals surface area contributed by atoms with Gasteiger partial charge in [-0.25, -0.2) is 13.2 Å².